The molecular formula is C28H17ClF6N4O3. The van der Waals surface area contributed by atoms with Gasteiger partial charge in [-0.3, -0.25) is 4.79 Å². The van der Waals surface area contributed by atoms with Gasteiger partial charge in [0.15, 0.2) is 5.76 Å². The smallest absolute Gasteiger partial charge is 0.388 e. The second kappa shape index (κ2) is 11.1. The van der Waals surface area contributed by atoms with E-state index in [1.54, 1.807) is 42.5 Å². The Kier molecular flexibility index (Phi) is 7.64. The Labute approximate surface area is 237 Å². The molecule has 0 saturated carbocycles. The summed E-state index contributed by atoms with van der Waals surface area (Å²) in [5, 5.41) is 22.0. The topological polar surface area (TPSA) is 94.0 Å². The Bertz CT molecular complexity index is 1730. The zero-order chi connectivity index (χ0) is 30.2. The van der Waals surface area contributed by atoms with Crippen molar-refractivity contribution in [3.63, 3.8) is 0 Å². The van der Waals surface area contributed by atoms with Crippen molar-refractivity contribution >= 4 is 17.4 Å². The number of aliphatic hydroxyl groups is 1. The molecule has 7 nitrogen and oxygen atoms in total. The zero-order valence-electron chi connectivity index (χ0n) is 21.0. The molecule has 14 heteroatoms. The molecule has 0 aliphatic heterocycles. The van der Waals surface area contributed by atoms with E-state index in [1.807, 2.05) is 0 Å². The lowest BCUT2D eigenvalue weighted by Crippen LogP contribution is -2.13. The Hall–Kier alpha value is -4.49. The van der Waals surface area contributed by atoms with Gasteiger partial charge in [-0.15, -0.1) is 5.10 Å². The largest absolute Gasteiger partial charge is 0.416 e. The molecule has 216 valence electrons. The van der Waals surface area contributed by atoms with Gasteiger partial charge >= 0.3 is 12.4 Å². The van der Waals surface area contributed by atoms with Crippen molar-refractivity contribution in [1.82, 2.24) is 20.2 Å². The Morgan fingerprint density at radius 2 is 1.50 bits per heavy atom. The van der Waals surface area contributed by atoms with E-state index in [-0.39, 0.29) is 50.6 Å². The molecule has 0 radical (unpaired) electrons. The highest BCUT2D eigenvalue weighted by Crippen LogP contribution is 2.38. The molecule has 3 aromatic carbocycles. The first kappa shape index (κ1) is 29.0. The first-order valence-corrected chi connectivity index (χ1v) is 12.4. The van der Waals surface area contributed by atoms with Crippen molar-refractivity contribution in [3.8, 4) is 22.6 Å². The van der Waals surface area contributed by atoms with E-state index in [2.05, 4.69) is 15.5 Å². The van der Waals surface area contributed by atoms with Gasteiger partial charge in [-0.05, 0) is 35.9 Å². The quantitative estimate of drug-likeness (QED) is 0.157. The summed E-state index contributed by atoms with van der Waals surface area (Å²) in [6, 6.07) is 15.5. The molecule has 0 fully saturated rings. The van der Waals surface area contributed by atoms with Crippen LogP contribution in [0, 0.1) is 0 Å². The maximum absolute atomic E-state index is 13.5. The average molecular weight is 607 g/mol. The standard InChI is InChI=1S/C28H17ClF6N4O3/c29-20-9-5-4-8-19(20)26(41)22-21(14-40)42-37-23(22)24-25(16-6-2-1-3-7-16)39(38-36-24)13-15-10-17(27(30,31)32)12-18(11-15)28(33,34)35/h1-12,40H,13-14H2. The third kappa shape index (κ3) is 5.65. The molecule has 5 aromatic rings. The number of aliphatic hydroxyl groups excluding tert-OH is 1. The zero-order valence-corrected chi connectivity index (χ0v) is 21.8. The van der Waals surface area contributed by atoms with Gasteiger partial charge in [-0.1, -0.05) is 64.4 Å². The molecule has 0 bridgehead atoms. The maximum Gasteiger partial charge on any atom is 0.416 e. The highest BCUT2D eigenvalue weighted by molar-refractivity contribution is 6.35. The lowest BCUT2D eigenvalue weighted by atomic mass is 9.98. The lowest BCUT2D eigenvalue weighted by molar-refractivity contribution is -0.143. The summed E-state index contributed by atoms with van der Waals surface area (Å²) in [6.07, 6.45) is -10.1. The summed E-state index contributed by atoms with van der Waals surface area (Å²) in [6.45, 7) is -1.28. The van der Waals surface area contributed by atoms with Crippen molar-refractivity contribution in [2.45, 2.75) is 25.5 Å². The number of aromatic nitrogens is 4. The number of ketones is 1. The van der Waals surface area contributed by atoms with Crippen LogP contribution in [0.25, 0.3) is 22.6 Å². The van der Waals surface area contributed by atoms with Crippen LogP contribution in [0.4, 0.5) is 26.3 Å². The van der Waals surface area contributed by atoms with Crippen LogP contribution in [-0.4, -0.2) is 31.0 Å². The fourth-order valence-corrected chi connectivity index (χ4v) is 4.58. The summed E-state index contributed by atoms with van der Waals surface area (Å²) in [4.78, 5) is 13.5. The van der Waals surface area contributed by atoms with Gasteiger partial charge in [-0.2, -0.15) is 26.3 Å². The molecule has 5 rings (SSSR count). The third-order valence-corrected chi connectivity index (χ3v) is 6.57. The number of alkyl halides is 6. The van der Waals surface area contributed by atoms with Crippen LogP contribution in [0.2, 0.25) is 5.02 Å². The van der Waals surface area contributed by atoms with E-state index in [0.29, 0.717) is 17.7 Å². The Morgan fingerprint density at radius 3 is 2.10 bits per heavy atom. The number of rotatable bonds is 7. The molecule has 0 unspecified atom stereocenters. The van der Waals surface area contributed by atoms with E-state index in [9.17, 15) is 36.2 Å². The summed E-state index contributed by atoms with van der Waals surface area (Å²) in [5.74, 6) is -0.877. The van der Waals surface area contributed by atoms with Crippen molar-refractivity contribution in [3.05, 3.63) is 111 Å². The number of hydrogen-bond donors (Lipinski definition) is 1. The minimum atomic E-state index is -5.04. The van der Waals surface area contributed by atoms with Gasteiger partial charge < -0.3 is 9.63 Å². The van der Waals surface area contributed by atoms with Crippen LogP contribution < -0.4 is 0 Å². The number of carbonyl (C=O) groups is 1. The van der Waals surface area contributed by atoms with Gasteiger partial charge in [0.1, 0.15) is 18.0 Å². The highest BCUT2D eigenvalue weighted by Gasteiger charge is 2.37. The lowest BCUT2D eigenvalue weighted by Gasteiger charge is -2.15. The van der Waals surface area contributed by atoms with Crippen LogP contribution in [0.5, 0.6) is 0 Å². The molecular weight excluding hydrogens is 590 g/mol. The Morgan fingerprint density at radius 1 is 0.881 bits per heavy atom. The van der Waals surface area contributed by atoms with E-state index in [1.165, 1.54) is 12.1 Å². The third-order valence-electron chi connectivity index (χ3n) is 6.24. The predicted octanol–water partition coefficient (Wildman–Crippen LogP) is 7.06. The highest BCUT2D eigenvalue weighted by atomic mass is 35.5. The monoisotopic (exact) mass is 606 g/mol. The van der Waals surface area contributed by atoms with Crippen molar-refractivity contribution in [2.24, 2.45) is 0 Å². The number of benzene rings is 3. The van der Waals surface area contributed by atoms with Gasteiger partial charge in [0, 0.05) is 11.1 Å². The van der Waals surface area contributed by atoms with Gasteiger partial charge in [0.2, 0.25) is 5.78 Å². The van der Waals surface area contributed by atoms with E-state index >= 15 is 0 Å². The molecule has 2 aromatic heterocycles. The molecule has 0 atom stereocenters. The first-order valence-electron chi connectivity index (χ1n) is 12.0. The number of hydrogen-bond acceptors (Lipinski definition) is 6. The van der Waals surface area contributed by atoms with Crippen molar-refractivity contribution < 1.29 is 40.8 Å². The fourth-order valence-electron chi connectivity index (χ4n) is 4.36. The first-order chi connectivity index (χ1) is 19.9. The minimum absolute atomic E-state index is 0.0345. The second-order valence-electron chi connectivity index (χ2n) is 9.02. The average Bonchev–Trinajstić information content (AvgIpc) is 3.56. The molecule has 2 heterocycles. The molecule has 0 aliphatic carbocycles. The SMILES string of the molecule is O=C(c1ccccc1Cl)c1c(-c2nnn(Cc3cc(C(F)(F)F)cc(C(F)(F)F)c3)c2-c2ccccc2)noc1CO. The van der Waals surface area contributed by atoms with E-state index < -0.39 is 42.4 Å². The molecule has 0 amide bonds. The summed E-state index contributed by atoms with van der Waals surface area (Å²) >= 11 is 6.21. The molecule has 1 N–H and O–H groups in total. The normalized spacial score (nSPS) is 12.1. The fraction of sp³-hybridized carbons (Fsp3) is 0.143. The Balaban J connectivity index is 1.69. The van der Waals surface area contributed by atoms with Crippen LogP contribution in [-0.2, 0) is 25.5 Å². The number of carbonyl (C=O) groups excluding carboxylic acids is 1. The van der Waals surface area contributed by atoms with Crippen LogP contribution >= 0.6 is 11.6 Å². The van der Waals surface area contributed by atoms with E-state index in [0.717, 1.165) is 4.68 Å². The van der Waals surface area contributed by atoms with Crippen LogP contribution in [0.15, 0.2) is 77.3 Å². The summed E-state index contributed by atoms with van der Waals surface area (Å²) in [5.41, 5.74) is -3.13. The van der Waals surface area contributed by atoms with E-state index in [4.69, 9.17) is 16.1 Å². The number of halogens is 7. The minimum Gasteiger partial charge on any atom is -0.388 e. The molecule has 42 heavy (non-hydrogen) atoms. The second-order valence-corrected chi connectivity index (χ2v) is 9.43. The molecule has 0 aliphatic rings. The summed E-state index contributed by atoms with van der Waals surface area (Å²) < 4.78 is 87.2. The van der Waals surface area contributed by atoms with Gasteiger partial charge in [0.05, 0.1) is 34.0 Å². The summed E-state index contributed by atoms with van der Waals surface area (Å²) in [7, 11) is 0. The predicted molar refractivity (Wildman–Crippen MR) is 137 cm³/mol. The maximum atomic E-state index is 13.5. The molecule has 0 spiro atoms. The van der Waals surface area contributed by atoms with Crippen molar-refractivity contribution in [1.29, 1.82) is 0 Å². The van der Waals surface area contributed by atoms with Crippen LogP contribution in [0.3, 0.4) is 0 Å². The van der Waals surface area contributed by atoms with Crippen molar-refractivity contribution in [2.75, 3.05) is 0 Å². The van der Waals surface area contributed by atoms with Gasteiger partial charge in [0.25, 0.3) is 0 Å². The number of nitrogens with zero attached hydrogens (tertiary/aromatic N) is 4. The van der Waals surface area contributed by atoms with Crippen LogP contribution in [0.1, 0.15) is 38.4 Å². The molecule has 0 saturated heterocycles. The van der Waals surface area contributed by atoms with Gasteiger partial charge in [-0.25, -0.2) is 4.68 Å².